The Morgan fingerprint density at radius 2 is 2.09 bits per heavy atom. The molecule has 1 fully saturated rings. The lowest BCUT2D eigenvalue weighted by molar-refractivity contribution is -0.117. The molecule has 1 atom stereocenters. The van der Waals surface area contributed by atoms with Crippen molar-refractivity contribution < 1.29 is 9.59 Å². The lowest BCUT2D eigenvalue weighted by Gasteiger charge is -2.18. The van der Waals surface area contributed by atoms with Gasteiger partial charge in [-0.05, 0) is 30.7 Å². The number of amides is 2. The number of nitrogens with one attached hydrogen (secondary N) is 1. The number of carbonyl (C=O) groups excluding carboxylic acids is 2. The smallest absolute Gasteiger partial charge is 0.264 e. The third kappa shape index (κ3) is 2.96. The molecule has 114 valence electrons. The molecule has 1 aromatic rings. The van der Waals surface area contributed by atoms with Crippen molar-refractivity contribution in [3.05, 3.63) is 39.9 Å². The van der Waals surface area contributed by atoms with E-state index >= 15 is 0 Å². The van der Waals surface area contributed by atoms with Gasteiger partial charge in [-0.25, -0.2) is 0 Å². The van der Waals surface area contributed by atoms with E-state index in [0.29, 0.717) is 22.2 Å². The quantitative estimate of drug-likeness (QED) is 0.681. The molecule has 0 spiro atoms. The SMILES string of the molecule is CC[C@@H]1S/C(=C(\C#N)C(=O)NC)N(c2ccc(Cl)cc2)C1=O. The molecule has 1 aliphatic heterocycles. The van der Waals surface area contributed by atoms with Gasteiger partial charge in [-0.1, -0.05) is 30.3 Å². The first-order valence-electron chi connectivity index (χ1n) is 6.66. The van der Waals surface area contributed by atoms with Gasteiger partial charge in [-0.3, -0.25) is 14.5 Å². The third-order valence-corrected chi connectivity index (χ3v) is 4.87. The summed E-state index contributed by atoms with van der Waals surface area (Å²) in [6.07, 6.45) is 0.615. The molecular formula is C15H14ClN3O2S. The Bertz CT molecular complexity index is 679. The van der Waals surface area contributed by atoms with Gasteiger partial charge in [0.1, 0.15) is 16.7 Å². The van der Waals surface area contributed by atoms with Gasteiger partial charge < -0.3 is 5.32 Å². The van der Waals surface area contributed by atoms with Gasteiger partial charge in [0.15, 0.2) is 0 Å². The number of benzene rings is 1. The maximum absolute atomic E-state index is 12.6. The maximum Gasteiger partial charge on any atom is 0.264 e. The molecule has 2 amide bonds. The number of rotatable bonds is 3. The summed E-state index contributed by atoms with van der Waals surface area (Å²) in [5, 5.41) is 12.3. The number of thioether (sulfide) groups is 1. The highest BCUT2D eigenvalue weighted by Gasteiger charge is 2.39. The second-order valence-corrected chi connectivity index (χ2v) is 6.16. The van der Waals surface area contributed by atoms with Crippen LogP contribution in [0, 0.1) is 11.3 Å². The highest BCUT2D eigenvalue weighted by molar-refractivity contribution is 8.05. The normalized spacial score (nSPS) is 19.8. The summed E-state index contributed by atoms with van der Waals surface area (Å²) in [6, 6.07) is 8.61. The van der Waals surface area contributed by atoms with E-state index in [1.54, 1.807) is 24.3 Å². The van der Waals surface area contributed by atoms with Crippen LogP contribution >= 0.6 is 23.4 Å². The molecule has 1 aliphatic rings. The van der Waals surface area contributed by atoms with E-state index in [4.69, 9.17) is 11.6 Å². The lowest BCUT2D eigenvalue weighted by atomic mass is 10.2. The lowest BCUT2D eigenvalue weighted by Crippen LogP contribution is -2.30. The van der Waals surface area contributed by atoms with Crippen LogP contribution in [-0.2, 0) is 9.59 Å². The molecule has 5 nitrogen and oxygen atoms in total. The summed E-state index contributed by atoms with van der Waals surface area (Å²) in [6.45, 7) is 1.89. The van der Waals surface area contributed by atoms with Crippen LogP contribution in [-0.4, -0.2) is 24.1 Å². The average Bonchev–Trinajstić information content (AvgIpc) is 2.85. The van der Waals surface area contributed by atoms with Crippen molar-refractivity contribution in [3.8, 4) is 6.07 Å². The Kier molecular flexibility index (Phi) is 5.11. The summed E-state index contributed by atoms with van der Waals surface area (Å²) < 4.78 is 0. The molecule has 0 bridgehead atoms. The van der Waals surface area contributed by atoms with Crippen molar-refractivity contribution in [2.75, 3.05) is 11.9 Å². The molecule has 1 aromatic carbocycles. The number of likely N-dealkylation sites (N-methyl/N-ethyl adjacent to an activating group) is 1. The van der Waals surface area contributed by atoms with Crippen LogP contribution in [0.3, 0.4) is 0 Å². The fourth-order valence-corrected chi connectivity index (χ4v) is 3.39. The molecule has 1 heterocycles. The van der Waals surface area contributed by atoms with Crippen LogP contribution in [0.15, 0.2) is 34.9 Å². The Labute approximate surface area is 137 Å². The van der Waals surface area contributed by atoms with Gasteiger partial charge in [-0.15, -0.1) is 0 Å². The van der Waals surface area contributed by atoms with Crippen LogP contribution in [0.4, 0.5) is 5.69 Å². The molecule has 0 radical (unpaired) electrons. The van der Waals surface area contributed by atoms with E-state index in [-0.39, 0.29) is 16.7 Å². The summed E-state index contributed by atoms with van der Waals surface area (Å²) in [7, 11) is 1.45. The van der Waals surface area contributed by atoms with Crippen molar-refractivity contribution in [2.45, 2.75) is 18.6 Å². The summed E-state index contributed by atoms with van der Waals surface area (Å²) in [5.41, 5.74) is 0.524. The van der Waals surface area contributed by atoms with Gasteiger partial charge in [0, 0.05) is 17.8 Å². The Morgan fingerprint density at radius 1 is 1.45 bits per heavy atom. The number of nitrogens with zero attached hydrogens (tertiary/aromatic N) is 2. The van der Waals surface area contributed by atoms with E-state index in [1.807, 2.05) is 13.0 Å². The molecule has 22 heavy (non-hydrogen) atoms. The highest BCUT2D eigenvalue weighted by atomic mass is 35.5. The van der Waals surface area contributed by atoms with Gasteiger partial charge in [0.25, 0.3) is 5.91 Å². The molecule has 0 saturated carbocycles. The van der Waals surface area contributed by atoms with E-state index in [0.717, 1.165) is 0 Å². The van der Waals surface area contributed by atoms with Crippen LogP contribution in [0.2, 0.25) is 5.02 Å². The molecule has 0 aromatic heterocycles. The molecule has 1 saturated heterocycles. The van der Waals surface area contributed by atoms with E-state index in [9.17, 15) is 14.9 Å². The van der Waals surface area contributed by atoms with Crippen LogP contribution < -0.4 is 10.2 Å². The molecular weight excluding hydrogens is 322 g/mol. The minimum atomic E-state index is -0.506. The van der Waals surface area contributed by atoms with Crippen molar-refractivity contribution in [2.24, 2.45) is 0 Å². The zero-order chi connectivity index (χ0) is 16.3. The van der Waals surface area contributed by atoms with E-state index in [2.05, 4.69) is 5.32 Å². The number of hydrogen-bond donors (Lipinski definition) is 1. The highest BCUT2D eigenvalue weighted by Crippen LogP contribution is 2.41. The molecule has 2 rings (SSSR count). The number of carbonyl (C=O) groups is 2. The Morgan fingerprint density at radius 3 is 2.59 bits per heavy atom. The van der Waals surface area contributed by atoms with Crippen LogP contribution in [0.1, 0.15) is 13.3 Å². The predicted molar refractivity (Wildman–Crippen MR) is 87.3 cm³/mol. The maximum atomic E-state index is 12.6. The minimum Gasteiger partial charge on any atom is -0.354 e. The van der Waals surface area contributed by atoms with Crippen molar-refractivity contribution in [1.82, 2.24) is 5.32 Å². The van der Waals surface area contributed by atoms with Crippen LogP contribution in [0.25, 0.3) is 0 Å². The number of halogens is 1. The average molecular weight is 336 g/mol. The van der Waals surface area contributed by atoms with E-state index in [1.165, 1.54) is 23.7 Å². The molecule has 0 unspecified atom stereocenters. The zero-order valence-electron chi connectivity index (χ0n) is 12.1. The predicted octanol–water partition coefficient (Wildman–Crippen LogP) is 2.68. The Balaban J connectivity index is 2.57. The minimum absolute atomic E-state index is 0.0632. The fraction of sp³-hybridized carbons (Fsp3) is 0.267. The standard InChI is InChI=1S/C15H14ClN3O2S/c1-3-12-14(21)19(10-6-4-9(16)5-7-10)15(22-12)11(8-17)13(20)18-2/h4-7,12H,3H2,1-2H3,(H,18,20)/b15-11+/t12-/m0/s1. The van der Waals surface area contributed by atoms with Gasteiger partial charge >= 0.3 is 0 Å². The topological polar surface area (TPSA) is 73.2 Å². The summed E-state index contributed by atoms with van der Waals surface area (Å²) >= 11 is 7.11. The zero-order valence-corrected chi connectivity index (χ0v) is 13.7. The first-order valence-corrected chi connectivity index (χ1v) is 7.91. The number of hydrogen-bond acceptors (Lipinski definition) is 4. The van der Waals surface area contributed by atoms with Gasteiger partial charge in [0.2, 0.25) is 5.91 Å². The van der Waals surface area contributed by atoms with Crippen LogP contribution in [0.5, 0.6) is 0 Å². The molecule has 1 N–H and O–H groups in total. The van der Waals surface area contributed by atoms with Crippen molar-refractivity contribution >= 4 is 40.9 Å². The van der Waals surface area contributed by atoms with Gasteiger partial charge in [-0.2, -0.15) is 5.26 Å². The number of anilines is 1. The first-order chi connectivity index (χ1) is 10.5. The first kappa shape index (κ1) is 16.4. The van der Waals surface area contributed by atoms with Crippen molar-refractivity contribution in [3.63, 3.8) is 0 Å². The monoisotopic (exact) mass is 335 g/mol. The van der Waals surface area contributed by atoms with Gasteiger partial charge in [0.05, 0.1) is 5.25 Å². The summed E-state index contributed by atoms with van der Waals surface area (Å²) in [4.78, 5) is 25.9. The fourth-order valence-electron chi connectivity index (χ4n) is 2.07. The van der Waals surface area contributed by atoms with Crippen molar-refractivity contribution in [1.29, 1.82) is 5.26 Å². The molecule has 0 aliphatic carbocycles. The second kappa shape index (κ2) is 6.86. The second-order valence-electron chi connectivity index (χ2n) is 4.54. The number of nitriles is 1. The summed E-state index contributed by atoms with van der Waals surface area (Å²) in [5.74, 6) is -0.644. The Hall–Kier alpha value is -1.97. The van der Waals surface area contributed by atoms with E-state index < -0.39 is 5.91 Å². The largest absolute Gasteiger partial charge is 0.354 e. The third-order valence-electron chi connectivity index (χ3n) is 3.19. The molecule has 7 heteroatoms.